The summed E-state index contributed by atoms with van der Waals surface area (Å²) in [5.41, 5.74) is 2.59. The Morgan fingerprint density at radius 1 is 1.05 bits per heavy atom. The number of amides is 1. The molecule has 1 heterocycles. The lowest BCUT2D eigenvalue weighted by Crippen LogP contribution is -2.34. The molecule has 1 aliphatic heterocycles. The van der Waals surface area contributed by atoms with Crippen LogP contribution in [0.15, 0.2) is 48.5 Å². The van der Waals surface area contributed by atoms with E-state index in [1.807, 2.05) is 36.4 Å². The number of carbonyl (C=O) groups is 2. The molecule has 0 radical (unpaired) electrons. The van der Waals surface area contributed by atoms with Gasteiger partial charge in [0.25, 0.3) is 0 Å². The van der Waals surface area contributed by atoms with E-state index in [0.717, 1.165) is 11.1 Å². The lowest BCUT2D eigenvalue weighted by atomic mass is 9.98. The molecule has 0 atom stereocenters. The maximum absolute atomic E-state index is 12.2. The van der Waals surface area contributed by atoms with E-state index in [4.69, 9.17) is 4.74 Å². The number of nitrogens with zero attached hydrogens (tertiary/aromatic N) is 1. The first kappa shape index (κ1) is 14.3. The van der Waals surface area contributed by atoms with Gasteiger partial charge in [0, 0.05) is 25.6 Å². The molecule has 0 N–H and O–H groups in total. The zero-order chi connectivity index (χ0) is 15.5. The van der Waals surface area contributed by atoms with E-state index in [0.29, 0.717) is 30.8 Å². The first-order valence-electron chi connectivity index (χ1n) is 7.28. The van der Waals surface area contributed by atoms with Crippen LogP contribution in [-0.4, -0.2) is 23.3 Å². The Morgan fingerprint density at radius 3 is 2.55 bits per heavy atom. The van der Waals surface area contributed by atoms with E-state index in [1.165, 1.54) is 0 Å². The number of hydrogen-bond donors (Lipinski definition) is 0. The van der Waals surface area contributed by atoms with Crippen molar-refractivity contribution in [2.45, 2.75) is 19.9 Å². The third kappa shape index (κ3) is 2.86. The summed E-state index contributed by atoms with van der Waals surface area (Å²) in [6, 6.07) is 14.6. The van der Waals surface area contributed by atoms with E-state index in [2.05, 4.69) is 0 Å². The van der Waals surface area contributed by atoms with Crippen LogP contribution < -0.4 is 4.74 Å². The largest absolute Gasteiger partial charge is 0.423 e. The monoisotopic (exact) mass is 295 g/mol. The summed E-state index contributed by atoms with van der Waals surface area (Å²) in [7, 11) is 0. The van der Waals surface area contributed by atoms with E-state index < -0.39 is 0 Å². The minimum Gasteiger partial charge on any atom is -0.423 e. The van der Waals surface area contributed by atoms with E-state index in [9.17, 15) is 9.59 Å². The number of ether oxygens (including phenoxy) is 1. The maximum atomic E-state index is 12.2. The van der Waals surface area contributed by atoms with Crippen LogP contribution in [0.25, 0.3) is 0 Å². The van der Waals surface area contributed by atoms with Crippen molar-refractivity contribution in [3.8, 4) is 5.75 Å². The van der Waals surface area contributed by atoms with Gasteiger partial charge in [0.05, 0.1) is 5.56 Å². The van der Waals surface area contributed by atoms with Crippen LogP contribution in [0.3, 0.4) is 0 Å². The predicted molar refractivity (Wildman–Crippen MR) is 82.6 cm³/mol. The van der Waals surface area contributed by atoms with Gasteiger partial charge < -0.3 is 9.64 Å². The molecule has 3 rings (SSSR count). The van der Waals surface area contributed by atoms with Gasteiger partial charge >= 0.3 is 5.97 Å². The van der Waals surface area contributed by atoms with Gasteiger partial charge in [-0.1, -0.05) is 30.3 Å². The molecule has 4 heteroatoms. The Bertz CT molecular complexity index is 710. The smallest absolute Gasteiger partial charge is 0.343 e. The molecule has 0 aliphatic carbocycles. The summed E-state index contributed by atoms with van der Waals surface area (Å²) in [6.07, 6.45) is 0.702. The van der Waals surface area contributed by atoms with Gasteiger partial charge in [0.15, 0.2) is 0 Å². The second-order valence-corrected chi connectivity index (χ2v) is 5.34. The van der Waals surface area contributed by atoms with E-state index in [-0.39, 0.29) is 11.9 Å². The van der Waals surface area contributed by atoms with Gasteiger partial charge in [0.1, 0.15) is 5.75 Å². The molecule has 0 fully saturated rings. The summed E-state index contributed by atoms with van der Waals surface area (Å²) in [4.78, 5) is 25.5. The quantitative estimate of drug-likeness (QED) is 0.632. The molecule has 0 saturated carbocycles. The number of benzene rings is 2. The van der Waals surface area contributed by atoms with Crippen molar-refractivity contribution >= 4 is 11.9 Å². The van der Waals surface area contributed by atoms with Crippen molar-refractivity contribution < 1.29 is 14.3 Å². The van der Waals surface area contributed by atoms with Crippen molar-refractivity contribution in [3.05, 3.63) is 65.2 Å². The fraction of sp³-hybridized carbons (Fsp3) is 0.222. The highest BCUT2D eigenvalue weighted by molar-refractivity contribution is 5.91. The highest BCUT2D eigenvalue weighted by atomic mass is 16.5. The van der Waals surface area contributed by atoms with Crippen molar-refractivity contribution in [2.24, 2.45) is 0 Å². The first-order chi connectivity index (χ1) is 10.6. The maximum Gasteiger partial charge on any atom is 0.343 e. The summed E-state index contributed by atoms with van der Waals surface area (Å²) in [5.74, 6) is 0.301. The first-order valence-corrected chi connectivity index (χ1v) is 7.28. The molecule has 22 heavy (non-hydrogen) atoms. The molecule has 0 bridgehead atoms. The average Bonchev–Trinajstić information content (AvgIpc) is 2.55. The zero-order valence-electron chi connectivity index (χ0n) is 12.4. The Labute approximate surface area is 129 Å². The second kappa shape index (κ2) is 6.02. The van der Waals surface area contributed by atoms with Crippen molar-refractivity contribution in [2.75, 3.05) is 6.54 Å². The number of rotatable bonds is 2. The lowest BCUT2D eigenvalue weighted by molar-refractivity contribution is -0.129. The van der Waals surface area contributed by atoms with E-state index >= 15 is 0 Å². The molecule has 2 aromatic carbocycles. The standard InChI is InChI=1S/C18H17NO3/c1-13(20)19-11-10-16-15(12-19)8-5-9-17(16)22-18(21)14-6-3-2-4-7-14/h2-9H,10-12H2,1H3. The average molecular weight is 295 g/mol. The van der Waals surface area contributed by atoms with Gasteiger partial charge in [-0.25, -0.2) is 4.79 Å². The number of esters is 1. The summed E-state index contributed by atoms with van der Waals surface area (Å²) in [6.45, 7) is 2.80. The van der Waals surface area contributed by atoms with Gasteiger partial charge in [-0.05, 0) is 30.2 Å². The molecule has 1 aliphatic rings. The fourth-order valence-corrected chi connectivity index (χ4v) is 2.67. The fourth-order valence-electron chi connectivity index (χ4n) is 2.67. The molecule has 0 spiro atoms. The zero-order valence-corrected chi connectivity index (χ0v) is 12.4. The van der Waals surface area contributed by atoms with Crippen molar-refractivity contribution in [1.29, 1.82) is 0 Å². The topological polar surface area (TPSA) is 46.6 Å². The Balaban J connectivity index is 1.83. The highest BCUT2D eigenvalue weighted by Crippen LogP contribution is 2.28. The third-order valence-electron chi connectivity index (χ3n) is 3.88. The molecule has 2 aromatic rings. The molecular formula is C18H17NO3. The molecule has 1 amide bonds. The Hall–Kier alpha value is -2.62. The Kier molecular flexibility index (Phi) is 3.92. The third-order valence-corrected chi connectivity index (χ3v) is 3.88. The van der Waals surface area contributed by atoms with Crippen LogP contribution >= 0.6 is 0 Å². The van der Waals surface area contributed by atoms with Crippen LogP contribution in [0.5, 0.6) is 5.75 Å². The van der Waals surface area contributed by atoms with Gasteiger partial charge in [-0.15, -0.1) is 0 Å². The van der Waals surface area contributed by atoms with Crippen LogP contribution in [0.2, 0.25) is 0 Å². The minimum atomic E-state index is -0.358. The summed E-state index contributed by atoms with van der Waals surface area (Å²) >= 11 is 0. The number of fused-ring (bicyclic) bond motifs is 1. The molecular weight excluding hydrogens is 278 g/mol. The van der Waals surface area contributed by atoms with E-state index in [1.54, 1.807) is 24.0 Å². The highest BCUT2D eigenvalue weighted by Gasteiger charge is 2.22. The van der Waals surface area contributed by atoms with Crippen LogP contribution in [0.4, 0.5) is 0 Å². The molecule has 0 aromatic heterocycles. The molecule has 112 valence electrons. The number of carbonyl (C=O) groups excluding carboxylic acids is 2. The molecule has 0 unspecified atom stereocenters. The molecule has 4 nitrogen and oxygen atoms in total. The van der Waals surface area contributed by atoms with Crippen molar-refractivity contribution in [3.63, 3.8) is 0 Å². The predicted octanol–water partition coefficient (Wildman–Crippen LogP) is 2.81. The number of hydrogen-bond acceptors (Lipinski definition) is 3. The van der Waals surface area contributed by atoms with Gasteiger partial charge in [-0.3, -0.25) is 4.79 Å². The normalized spacial score (nSPS) is 13.4. The lowest BCUT2D eigenvalue weighted by Gasteiger charge is -2.28. The van der Waals surface area contributed by atoms with Crippen LogP contribution in [-0.2, 0) is 17.8 Å². The van der Waals surface area contributed by atoms with Crippen LogP contribution in [0.1, 0.15) is 28.4 Å². The van der Waals surface area contributed by atoms with Gasteiger partial charge in [-0.2, -0.15) is 0 Å². The summed E-state index contributed by atoms with van der Waals surface area (Å²) < 4.78 is 5.55. The Morgan fingerprint density at radius 2 is 1.82 bits per heavy atom. The minimum absolute atomic E-state index is 0.0670. The summed E-state index contributed by atoms with van der Waals surface area (Å²) in [5, 5.41) is 0. The second-order valence-electron chi connectivity index (χ2n) is 5.34. The van der Waals surface area contributed by atoms with Gasteiger partial charge in [0.2, 0.25) is 5.91 Å². The SMILES string of the molecule is CC(=O)N1CCc2c(cccc2OC(=O)c2ccccc2)C1. The van der Waals surface area contributed by atoms with Crippen LogP contribution in [0, 0.1) is 0 Å². The molecule has 0 saturated heterocycles. The van der Waals surface area contributed by atoms with Crippen molar-refractivity contribution in [1.82, 2.24) is 4.90 Å².